The standard InChI is InChI=1S/C27H25NO2S/c1-18(15-19-11-12-26-20(16-19)13-14-31-26)28(2)27(29)30-17-25-23-9-5-3-7-21(23)22-8-4-6-10-24(22)25/h3-14,16,18,25H,15,17H2,1-2H3. The van der Waals surface area contributed by atoms with E-state index in [0.717, 1.165) is 6.42 Å². The van der Waals surface area contributed by atoms with Crippen molar-refractivity contribution in [2.45, 2.75) is 25.3 Å². The van der Waals surface area contributed by atoms with E-state index in [4.69, 9.17) is 4.74 Å². The number of thiophene rings is 1. The van der Waals surface area contributed by atoms with Crippen molar-refractivity contribution in [1.29, 1.82) is 0 Å². The van der Waals surface area contributed by atoms with Crippen molar-refractivity contribution in [2.24, 2.45) is 0 Å². The predicted octanol–water partition coefficient (Wildman–Crippen LogP) is 6.71. The molecule has 3 nitrogen and oxygen atoms in total. The lowest BCUT2D eigenvalue weighted by Crippen LogP contribution is -2.37. The van der Waals surface area contributed by atoms with Gasteiger partial charge in [-0.25, -0.2) is 4.79 Å². The van der Waals surface area contributed by atoms with Gasteiger partial charge in [0.15, 0.2) is 0 Å². The number of nitrogens with zero attached hydrogens (tertiary/aromatic N) is 1. The summed E-state index contributed by atoms with van der Waals surface area (Å²) in [5, 5.41) is 3.37. The molecule has 0 bridgehead atoms. The van der Waals surface area contributed by atoms with E-state index in [1.165, 1.54) is 37.9 Å². The number of fused-ring (bicyclic) bond motifs is 4. The fourth-order valence-electron chi connectivity index (χ4n) is 4.50. The highest BCUT2D eigenvalue weighted by Crippen LogP contribution is 2.44. The maximum absolute atomic E-state index is 12.8. The zero-order valence-electron chi connectivity index (χ0n) is 17.7. The van der Waals surface area contributed by atoms with Crippen molar-refractivity contribution in [3.63, 3.8) is 0 Å². The summed E-state index contributed by atoms with van der Waals surface area (Å²) in [6, 6.07) is 25.5. The molecular weight excluding hydrogens is 402 g/mol. The molecule has 3 aromatic carbocycles. The molecule has 1 atom stereocenters. The molecule has 4 heteroatoms. The number of ether oxygens (including phenoxy) is 1. The number of hydrogen-bond acceptors (Lipinski definition) is 3. The second-order valence-corrected chi connectivity index (χ2v) is 9.21. The Kier molecular flexibility index (Phi) is 5.24. The van der Waals surface area contributed by atoms with Crippen LogP contribution in [0.4, 0.5) is 4.79 Å². The third-order valence-corrected chi connectivity index (χ3v) is 7.23. The summed E-state index contributed by atoms with van der Waals surface area (Å²) < 4.78 is 7.10. The quantitative estimate of drug-likeness (QED) is 0.354. The van der Waals surface area contributed by atoms with E-state index in [0.29, 0.717) is 6.61 Å². The Morgan fingerprint density at radius 1 is 1.00 bits per heavy atom. The van der Waals surface area contributed by atoms with Gasteiger partial charge in [0, 0.05) is 23.7 Å². The molecule has 0 saturated heterocycles. The Labute approximate surface area is 186 Å². The fraction of sp³-hybridized carbons (Fsp3) is 0.222. The third-order valence-electron chi connectivity index (χ3n) is 6.33. The molecule has 1 aliphatic rings. The molecule has 1 unspecified atom stereocenters. The number of benzene rings is 3. The van der Waals surface area contributed by atoms with E-state index in [1.54, 1.807) is 16.2 Å². The average molecular weight is 428 g/mol. The van der Waals surface area contributed by atoms with Crippen LogP contribution in [-0.4, -0.2) is 30.7 Å². The first-order valence-corrected chi connectivity index (χ1v) is 11.5. The summed E-state index contributed by atoms with van der Waals surface area (Å²) in [7, 11) is 1.83. The molecule has 0 spiro atoms. The molecule has 1 aliphatic carbocycles. The summed E-state index contributed by atoms with van der Waals surface area (Å²) >= 11 is 1.75. The van der Waals surface area contributed by atoms with E-state index in [1.807, 2.05) is 7.05 Å². The lowest BCUT2D eigenvalue weighted by atomic mass is 9.98. The summed E-state index contributed by atoms with van der Waals surface area (Å²) in [5.41, 5.74) is 6.18. The number of carbonyl (C=O) groups excluding carboxylic acids is 1. The van der Waals surface area contributed by atoms with E-state index < -0.39 is 0 Å². The topological polar surface area (TPSA) is 29.5 Å². The predicted molar refractivity (Wildman–Crippen MR) is 128 cm³/mol. The summed E-state index contributed by atoms with van der Waals surface area (Å²) in [4.78, 5) is 14.5. The second kappa shape index (κ2) is 8.20. The lowest BCUT2D eigenvalue weighted by molar-refractivity contribution is 0.0970. The monoisotopic (exact) mass is 427 g/mol. The van der Waals surface area contributed by atoms with Crippen LogP contribution in [0.25, 0.3) is 21.2 Å². The minimum atomic E-state index is -0.272. The molecule has 4 aromatic rings. The maximum Gasteiger partial charge on any atom is 0.409 e. The Morgan fingerprint density at radius 2 is 1.68 bits per heavy atom. The largest absolute Gasteiger partial charge is 0.448 e. The molecule has 1 amide bonds. The van der Waals surface area contributed by atoms with Crippen LogP contribution in [0, 0.1) is 0 Å². The first-order chi connectivity index (χ1) is 15.1. The first kappa shape index (κ1) is 19.8. The number of rotatable bonds is 5. The van der Waals surface area contributed by atoms with Crippen molar-refractivity contribution in [3.05, 3.63) is 94.9 Å². The lowest BCUT2D eigenvalue weighted by Gasteiger charge is -2.25. The molecule has 5 rings (SSSR count). The molecule has 0 aliphatic heterocycles. The molecule has 1 heterocycles. The Hall–Kier alpha value is -3.11. The van der Waals surface area contributed by atoms with Gasteiger partial charge in [0.1, 0.15) is 6.61 Å². The summed E-state index contributed by atoms with van der Waals surface area (Å²) in [5.74, 6) is 0.0843. The highest BCUT2D eigenvalue weighted by Gasteiger charge is 2.29. The van der Waals surface area contributed by atoms with E-state index in [9.17, 15) is 4.79 Å². The zero-order chi connectivity index (χ0) is 21.4. The van der Waals surface area contributed by atoms with Crippen LogP contribution >= 0.6 is 11.3 Å². The van der Waals surface area contributed by atoms with Gasteiger partial charge in [-0.05, 0) is 64.1 Å². The van der Waals surface area contributed by atoms with Crippen molar-refractivity contribution < 1.29 is 9.53 Å². The molecule has 0 fully saturated rings. The van der Waals surface area contributed by atoms with Crippen LogP contribution in [0.5, 0.6) is 0 Å². The first-order valence-electron chi connectivity index (χ1n) is 10.7. The van der Waals surface area contributed by atoms with Gasteiger partial charge >= 0.3 is 6.09 Å². The van der Waals surface area contributed by atoms with Crippen LogP contribution < -0.4 is 0 Å². The van der Waals surface area contributed by atoms with Crippen LogP contribution in [0.2, 0.25) is 0 Å². The van der Waals surface area contributed by atoms with Crippen molar-refractivity contribution in [3.8, 4) is 11.1 Å². The normalized spacial score (nSPS) is 13.6. The molecule has 0 saturated carbocycles. The number of amides is 1. The maximum atomic E-state index is 12.8. The minimum Gasteiger partial charge on any atom is -0.448 e. The molecule has 31 heavy (non-hydrogen) atoms. The van der Waals surface area contributed by atoms with Crippen molar-refractivity contribution >= 4 is 27.5 Å². The number of carbonyl (C=O) groups is 1. The van der Waals surface area contributed by atoms with Gasteiger partial charge < -0.3 is 9.64 Å². The number of hydrogen-bond donors (Lipinski definition) is 0. The van der Waals surface area contributed by atoms with Gasteiger partial charge in [0.2, 0.25) is 0 Å². The zero-order valence-corrected chi connectivity index (χ0v) is 18.6. The van der Waals surface area contributed by atoms with Crippen LogP contribution in [-0.2, 0) is 11.2 Å². The van der Waals surface area contributed by atoms with Crippen LogP contribution in [0.15, 0.2) is 78.2 Å². The molecule has 0 radical (unpaired) electrons. The highest BCUT2D eigenvalue weighted by atomic mass is 32.1. The van der Waals surface area contributed by atoms with Gasteiger partial charge in [-0.3, -0.25) is 0 Å². The van der Waals surface area contributed by atoms with Gasteiger partial charge in [-0.15, -0.1) is 11.3 Å². The van der Waals surface area contributed by atoms with Crippen LogP contribution in [0.3, 0.4) is 0 Å². The van der Waals surface area contributed by atoms with Crippen molar-refractivity contribution in [2.75, 3.05) is 13.7 Å². The second-order valence-electron chi connectivity index (χ2n) is 8.26. The summed E-state index contributed by atoms with van der Waals surface area (Å²) in [6.07, 6.45) is 0.526. The van der Waals surface area contributed by atoms with Crippen molar-refractivity contribution in [1.82, 2.24) is 4.90 Å². The molecule has 156 valence electrons. The Balaban J connectivity index is 1.26. The van der Waals surface area contributed by atoms with E-state index in [-0.39, 0.29) is 18.1 Å². The van der Waals surface area contributed by atoms with Gasteiger partial charge in [-0.1, -0.05) is 60.7 Å². The fourth-order valence-corrected chi connectivity index (χ4v) is 5.27. The Bertz CT molecular complexity index is 1200. The Morgan fingerprint density at radius 3 is 2.39 bits per heavy atom. The van der Waals surface area contributed by atoms with E-state index in [2.05, 4.69) is 85.1 Å². The molecule has 1 aromatic heterocycles. The molecular formula is C27H25NO2S. The minimum absolute atomic E-state index is 0.0479. The van der Waals surface area contributed by atoms with Gasteiger partial charge in [0.05, 0.1) is 0 Å². The van der Waals surface area contributed by atoms with Gasteiger partial charge in [-0.2, -0.15) is 0 Å². The van der Waals surface area contributed by atoms with Gasteiger partial charge in [0.25, 0.3) is 0 Å². The number of likely N-dealkylation sites (N-methyl/N-ethyl adjacent to an activating group) is 1. The third kappa shape index (κ3) is 3.72. The highest BCUT2D eigenvalue weighted by molar-refractivity contribution is 7.17. The molecule has 0 N–H and O–H groups in total. The van der Waals surface area contributed by atoms with Crippen LogP contribution in [0.1, 0.15) is 29.5 Å². The average Bonchev–Trinajstić information content (AvgIpc) is 3.39. The SMILES string of the molecule is CC(Cc1ccc2sccc2c1)N(C)C(=O)OCC1c2ccccc2-c2ccccc21. The van der Waals surface area contributed by atoms with E-state index >= 15 is 0 Å². The summed E-state index contributed by atoms with van der Waals surface area (Å²) in [6.45, 7) is 2.42. The smallest absolute Gasteiger partial charge is 0.409 e.